The van der Waals surface area contributed by atoms with E-state index in [2.05, 4.69) is 34.2 Å². The number of carbonyl (C=O) groups is 1. The summed E-state index contributed by atoms with van der Waals surface area (Å²) in [5, 5.41) is 3.09. The highest BCUT2D eigenvalue weighted by molar-refractivity contribution is 5.78. The topological polar surface area (TPSA) is 35.6 Å². The molecule has 4 nitrogen and oxygen atoms in total. The third-order valence-corrected chi connectivity index (χ3v) is 4.17. The van der Waals surface area contributed by atoms with Crippen LogP contribution < -0.4 is 5.32 Å². The van der Waals surface area contributed by atoms with E-state index in [-0.39, 0.29) is 11.9 Å². The van der Waals surface area contributed by atoms with Crippen LogP contribution in [0, 0.1) is 0 Å². The Kier molecular flexibility index (Phi) is 6.21. The molecule has 0 aromatic heterocycles. The fraction of sp³-hybridized carbons (Fsp3) is 0.588. The molecule has 1 unspecified atom stereocenters. The smallest absolute Gasteiger partial charge is 0.234 e. The Morgan fingerprint density at radius 3 is 2.52 bits per heavy atom. The normalized spacial score (nSPS) is 19.0. The summed E-state index contributed by atoms with van der Waals surface area (Å²) in [4.78, 5) is 16.9. The van der Waals surface area contributed by atoms with E-state index < -0.39 is 0 Å². The molecular formula is C17H27N3O. The van der Waals surface area contributed by atoms with E-state index >= 15 is 0 Å². The highest BCUT2D eigenvalue weighted by atomic mass is 16.2. The van der Waals surface area contributed by atoms with Crippen molar-refractivity contribution >= 4 is 5.91 Å². The molecule has 2 rings (SSSR count). The highest BCUT2D eigenvalue weighted by Crippen LogP contribution is 2.11. The van der Waals surface area contributed by atoms with E-state index in [1.165, 1.54) is 0 Å². The molecule has 21 heavy (non-hydrogen) atoms. The standard InChI is InChI=1S/C17H27N3O/c1-3-19-10-7-11-20(13-12-19)14-17(21)18-15(2)16-8-5-4-6-9-16/h4-6,8-9,15H,3,7,10-14H2,1-2H3,(H,18,21). The molecule has 0 saturated carbocycles. The summed E-state index contributed by atoms with van der Waals surface area (Å²) in [6, 6.07) is 10.2. The van der Waals surface area contributed by atoms with E-state index in [4.69, 9.17) is 0 Å². The van der Waals surface area contributed by atoms with Crippen molar-refractivity contribution in [2.45, 2.75) is 26.3 Å². The summed E-state index contributed by atoms with van der Waals surface area (Å²) in [6.45, 7) is 10.1. The van der Waals surface area contributed by atoms with Crippen molar-refractivity contribution in [3.8, 4) is 0 Å². The van der Waals surface area contributed by atoms with Gasteiger partial charge < -0.3 is 10.2 Å². The lowest BCUT2D eigenvalue weighted by Crippen LogP contribution is -2.40. The second kappa shape index (κ2) is 8.15. The number of likely N-dealkylation sites (N-methyl/N-ethyl adjacent to an activating group) is 1. The Bertz CT molecular complexity index is 435. The average Bonchev–Trinajstić information content (AvgIpc) is 2.73. The van der Waals surface area contributed by atoms with Gasteiger partial charge in [-0.3, -0.25) is 9.69 Å². The SMILES string of the molecule is CCN1CCCN(CC(=O)NC(C)c2ccccc2)CC1. The summed E-state index contributed by atoms with van der Waals surface area (Å²) in [5.74, 6) is 0.122. The minimum absolute atomic E-state index is 0.0674. The van der Waals surface area contributed by atoms with Gasteiger partial charge in [-0.05, 0) is 38.5 Å². The maximum absolute atomic E-state index is 12.2. The van der Waals surface area contributed by atoms with Crippen LogP contribution in [0.4, 0.5) is 0 Å². The quantitative estimate of drug-likeness (QED) is 0.899. The number of hydrogen-bond acceptors (Lipinski definition) is 3. The molecular weight excluding hydrogens is 262 g/mol. The Hall–Kier alpha value is -1.39. The second-order valence-electron chi connectivity index (χ2n) is 5.76. The molecule has 1 amide bonds. The monoisotopic (exact) mass is 289 g/mol. The van der Waals surface area contributed by atoms with Gasteiger partial charge in [0.2, 0.25) is 5.91 Å². The van der Waals surface area contributed by atoms with Gasteiger partial charge in [-0.15, -0.1) is 0 Å². The lowest BCUT2D eigenvalue weighted by Gasteiger charge is -2.22. The van der Waals surface area contributed by atoms with Crippen molar-refractivity contribution in [3.63, 3.8) is 0 Å². The highest BCUT2D eigenvalue weighted by Gasteiger charge is 2.17. The largest absolute Gasteiger partial charge is 0.348 e. The van der Waals surface area contributed by atoms with E-state index in [1.54, 1.807) is 0 Å². The van der Waals surface area contributed by atoms with E-state index in [9.17, 15) is 4.79 Å². The number of hydrogen-bond donors (Lipinski definition) is 1. The summed E-state index contributed by atoms with van der Waals surface area (Å²) in [5.41, 5.74) is 1.15. The van der Waals surface area contributed by atoms with Crippen LogP contribution >= 0.6 is 0 Å². The first kappa shape index (κ1) is 16.0. The number of amides is 1. The first-order chi connectivity index (χ1) is 10.2. The van der Waals surface area contributed by atoms with Crippen molar-refractivity contribution in [3.05, 3.63) is 35.9 Å². The molecule has 1 heterocycles. The molecule has 1 aromatic rings. The van der Waals surface area contributed by atoms with Crippen LogP contribution in [0.1, 0.15) is 31.9 Å². The number of benzene rings is 1. The molecule has 0 radical (unpaired) electrons. The Morgan fingerprint density at radius 2 is 1.81 bits per heavy atom. The van der Waals surface area contributed by atoms with Crippen LogP contribution in [-0.4, -0.2) is 55.0 Å². The molecule has 1 aliphatic rings. The Balaban J connectivity index is 1.79. The van der Waals surface area contributed by atoms with Gasteiger partial charge in [0.1, 0.15) is 0 Å². The van der Waals surface area contributed by atoms with Gasteiger partial charge in [-0.25, -0.2) is 0 Å². The van der Waals surface area contributed by atoms with Gasteiger partial charge in [-0.1, -0.05) is 37.3 Å². The van der Waals surface area contributed by atoms with Crippen molar-refractivity contribution in [1.29, 1.82) is 0 Å². The van der Waals surface area contributed by atoms with Crippen LogP contribution in [0.3, 0.4) is 0 Å². The van der Waals surface area contributed by atoms with Gasteiger partial charge in [0.15, 0.2) is 0 Å². The van der Waals surface area contributed by atoms with Crippen LogP contribution in [0.5, 0.6) is 0 Å². The number of nitrogens with one attached hydrogen (secondary N) is 1. The first-order valence-electron chi connectivity index (χ1n) is 7.98. The van der Waals surface area contributed by atoms with Gasteiger partial charge in [-0.2, -0.15) is 0 Å². The second-order valence-corrected chi connectivity index (χ2v) is 5.76. The summed E-state index contributed by atoms with van der Waals surface area (Å²) in [6.07, 6.45) is 1.15. The van der Waals surface area contributed by atoms with Gasteiger partial charge in [0.05, 0.1) is 12.6 Å². The van der Waals surface area contributed by atoms with Crippen LogP contribution in [0.2, 0.25) is 0 Å². The molecule has 4 heteroatoms. The van der Waals surface area contributed by atoms with Crippen molar-refractivity contribution in [1.82, 2.24) is 15.1 Å². The third-order valence-electron chi connectivity index (χ3n) is 4.17. The number of nitrogens with zero attached hydrogens (tertiary/aromatic N) is 2. The maximum atomic E-state index is 12.2. The minimum Gasteiger partial charge on any atom is -0.348 e. The molecule has 1 saturated heterocycles. The zero-order valence-corrected chi connectivity index (χ0v) is 13.2. The van der Waals surface area contributed by atoms with E-state index in [0.717, 1.165) is 44.7 Å². The Labute approximate surface area is 128 Å². The molecule has 1 N–H and O–H groups in total. The van der Waals surface area contributed by atoms with Crippen molar-refractivity contribution < 1.29 is 4.79 Å². The molecule has 1 aliphatic heterocycles. The fourth-order valence-electron chi connectivity index (χ4n) is 2.81. The van der Waals surface area contributed by atoms with E-state index in [1.807, 2.05) is 25.1 Å². The number of rotatable bonds is 5. The molecule has 0 aliphatic carbocycles. The molecule has 116 valence electrons. The number of carbonyl (C=O) groups excluding carboxylic acids is 1. The summed E-state index contributed by atoms with van der Waals surface area (Å²) < 4.78 is 0. The minimum atomic E-state index is 0.0674. The van der Waals surface area contributed by atoms with E-state index in [0.29, 0.717) is 6.54 Å². The first-order valence-corrected chi connectivity index (χ1v) is 7.98. The zero-order chi connectivity index (χ0) is 15.1. The Morgan fingerprint density at radius 1 is 1.14 bits per heavy atom. The molecule has 1 fully saturated rings. The lowest BCUT2D eigenvalue weighted by atomic mass is 10.1. The average molecular weight is 289 g/mol. The van der Waals surface area contributed by atoms with Crippen molar-refractivity contribution in [2.24, 2.45) is 0 Å². The van der Waals surface area contributed by atoms with Gasteiger partial charge >= 0.3 is 0 Å². The fourth-order valence-corrected chi connectivity index (χ4v) is 2.81. The zero-order valence-electron chi connectivity index (χ0n) is 13.2. The predicted octanol–water partition coefficient (Wildman–Crippen LogP) is 1.89. The third kappa shape index (κ3) is 5.14. The van der Waals surface area contributed by atoms with Crippen LogP contribution in [0.15, 0.2) is 30.3 Å². The van der Waals surface area contributed by atoms with Crippen molar-refractivity contribution in [2.75, 3.05) is 39.3 Å². The molecule has 0 bridgehead atoms. The summed E-state index contributed by atoms with van der Waals surface area (Å²) in [7, 11) is 0. The van der Waals surface area contributed by atoms with Crippen LogP contribution in [0.25, 0.3) is 0 Å². The molecule has 1 atom stereocenters. The lowest BCUT2D eigenvalue weighted by molar-refractivity contribution is -0.122. The maximum Gasteiger partial charge on any atom is 0.234 e. The summed E-state index contributed by atoms with van der Waals surface area (Å²) >= 11 is 0. The molecule has 1 aromatic carbocycles. The van der Waals surface area contributed by atoms with Gasteiger partial charge in [0, 0.05) is 13.1 Å². The van der Waals surface area contributed by atoms with Crippen LogP contribution in [-0.2, 0) is 4.79 Å². The van der Waals surface area contributed by atoms with Gasteiger partial charge in [0.25, 0.3) is 0 Å². The predicted molar refractivity (Wildman–Crippen MR) is 86.2 cm³/mol. The molecule has 0 spiro atoms.